The fourth-order valence-electron chi connectivity index (χ4n) is 2.55. The Morgan fingerprint density at radius 1 is 1.26 bits per heavy atom. The lowest BCUT2D eigenvalue weighted by Gasteiger charge is -2.18. The summed E-state index contributed by atoms with van der Waals surface area (Å²) in [6.07, 6.45) is -4.60. The van der Waals surface area contributed by atoms with Crippen LogP contribution in [0.3, 0.4) is 0 Å². The summed E-state index contributed by atoms with van der Waals surface area (Å²) >= 11 is 0. The summed E-state index contributed by atoms with van der Waals surface area (Å²) in [6.45, 7) is 4.85. The molecule has 0 aliphatic carbocycles. The Morgan fingerprint density at radius 2 is 1.89 bits per heavy atom. The molecule has 0 atom stereocenters. The molecule has 0 radical (unpaired) electrons. The van der Waals surface area contributed by atoms with Crippen LogP contribution in [0.15, 0.2) is 28.8 Å². The van der Waals surface area contributed by atoms with E-state index < -0.39 is 30.1 Å². The molecule has 0 aliphatic rings. The van der Waals surface area contributed by atoms with Crippen LogP contribution < -0.4 is 5.32 Å². The number of carbonyl (C=O) groups excluding carboxylic acids is 2. The van der Waals surface area contributed by atoms with Crippen LogP contribution in [0, 0.1) is 6.92 Å². The van der Waals surface area contributed by atoms with Crippen LogP contribution in [-0.4, -0.2) is 35.5 Å². The number of aromatic nitrogens is 1. The molecule has 0 saturated heterocycles. The lowest BCUT2D eigenvalue weighted by atomic mass is 10.0. The Morgan fingerprint density at radius 3 is 2.48 bits per heavy atom. The molecule has 0 bridgehead atoms. The third-order valence-corrected chi connectivity index (χ3v) is 3.86. The summed E-state index contributed by atoms with van der Waals surface area (Å²) < 4.78 is 44.2. The molecule has 0 fully saturated rings. The fourth-order valence-corrected chi connectivity index (χ4v) is 2.55. The molecule has 27 heavy (non-hydrogen) atoms. The number of hydrogen-bond donors (Lipinski definition) is 1. The van der Waals surface area contributed by atoms with Gasteiger partial charge in [0, 0.05) is 13.0 Å². The second kappa shape index (κ2) is 7.81. The number of anilines is 1. The number of alkyl halides is 3. The van der Waals surface area contributed by atoms with Crippen molar-refractivity contribution < 1.29 is 27.3 Å². The van der Waals surface area contributed by atoms with Crippen molar-refractivity contribution in [3.8, 4) is 0 Å². The van der Waals surface area contributed by atoms with Gasteiger partial charge in [0.15, 0.2) is 5.76 Å². The monoisotopic (exact) mass is 383 g/mol. The molecule has 1 aromatic carbocycles. The summed E-state index contributed by atoms with van der Waals surface area (Å²) in [5.74, 6) is -0.933. The highest BCUT2D eigenvalue weighted by molar-refractivity contribution is 6.00. The standard InChI is InChI=1S/C18H20F3N3O3/c1-10(2)16-15(11(3)23-27-16)17(26)24(4)9-14(25)22-13-8-6-5-7-12(13)18(19,20)21/h5-8,10H,9H2,1-4H3,(H,22,25). The molecule has 0 saturated carbocycles. The van der Waals surface area contributed by atoms with Gasteiger partial charge in [-0.1, -0.05) is 31.1 Å². The Bertz CT molecular complexity index is 844. The van der Waals surface area contributed by atoms with E-state index >= 15 is 0 Å². The van der Waals surface area contributed by atoms with Gasteiger partial charge in [-0.2, -0.15) is 13.2 Å². The first-order valence-electron chi connectivity index (χ1n) is 8.20. The first-order chi connectivity index (χ1) is 12.5. The average Bonchev–Trinajstić information content (AvgIpc) is 2.95. The number of likely N-dealkylation sites (N-methyl/N-ethyl adjacent to an activating group) is 1. The van der Waals surface area contributed by atoms with Crippen LogP contribution in [0.4, 0.5) is 18.9 Å². The van der Waals surface area contributed by atoms with Crippen molar-refractivity contribution in [3.63, 3.8) is 0 Å². The molecular formula is C18H20F3N3O3. The molecule has 9 heteroatoms. The maximum atomic E-state index is 13.0. The van der Waals surface area contributed by atoms with Crippen LogP contribution in [0.25, 0.3) is 0 Å². The average molecular weight is 383 g/mol. The van der Waals surface area contributed by atoms with Crippen molar-refractivity contribution in [2.45, 2.75) is 32.9 Å². The van der Waals surface area contributed by atoms with Crippen molar-refractivity contribution in [1.82, 2.24) is 10.1 Å². The number of para-hydroxylation sites is 1. The van der Waals surface area contributed by atoms with E-state index in [4.69, 9.17) is 4.52 Å². The number of amides is 2. The van der Waals surface area contributed by atoms with Crippen molar-refractivity contribution in [3.05, 3.63) is 46.8 Å². The zero-order chi connectivity index (χ0) is 20.4. The highest BCUT2D eigenvalue weighted by atomic mass is 19.4. The number of hydrogen-bond acceptors (Lipinski definition) is 4. The van der Waals surface area contributed by atoms with Crippen molar-refractivity contribution >= 4 is 17.5 Å². The molecule has 0 aliphatic heterocycles. The third-order valence-electron chi connectivity index (χ3n) is 3.86. The summed E-state index contributed by atoms with van der Waals surface area (Å²) in [6, 6.07) is 4.65. The third kappa shape index (κ3) is 4.66. The second-order valence-electron chi connectivity index (χ2n) is 6.41. The molecule has 146 valence electrons. The van der Waals surface area contributed by atoms with Crippen molar-refractivity contribution in [2.24, 2.45) is 0 Å². The van der Waals surface area contributed by atoms with E-state index in [0.717, 1.165) is 17.0 Å². The van der Waals surface area contributed by atoms with Crippen LogP contribution in [-0.2, 0) is 11.0 Å². The van der Waals surface area contributed by atoms with Gasteiger partial charge in [0.1, 0.15) is 5.56 Å². The van der Waals surface area contributed by atoms with Crippen LogP contribution in [0.5, 0.6) is 0 Å². The molecule has 1 aromatic heterocycles. The largest absolute Gasteiger partial charge is 0.418 e. The number of carbonyl (C=O) groups is 2. The minimum atomic E-state index is -4.60. The van der Waals surface area contributed by atoms with E-state index in [1.807, 2.05) is 13.8 Å². The Labute approximate surface area is 154 Å². The number of nitrogens with one attached hydrogen (secondary N) is 1. The van der Waals surface area contributed by atoms with Gasteiger partial charge in [0.05, 0.1) is 23.5 Å². The molecule has 1 heterocycles. The smallest absolute Gasteiger partial charge is 0.360 e. The quantitative estimate of drug-likeness (QED) is 0.851. The summed E-state index contributed by atoms with van der Waals surface area (Å²) in [5.41, 5.74) is -0.668. The SMILES string of the molecule is Cc1noc(C(C)C)c1C(=O)N(C)CC(=O)Nc1ccccc1C(F)(F)F. The maximum absolute atomic E-state index is 13.0. The minimum absolute atomic E-state index is 0.0916. The Kier molecular flexibility index (Phi) is 5.92. The number of rotatable bonds is 5. The summed E-state index contributed by atoms with van der Waals surface area (Å²) in [5, 5.41) is 5.99. The predicted molar refractivity (Wildman–Crippen MR) is 92.4 cm³/mol. The number of halogens is 3. The van der Waals surface area contributed by atoms with E-state index in [1.54, 1.807) is 6.92 Å². The van der Waals surface area contributed by atoms with Gasteiger partial charge in [0.25, 0.3) is 5.91 Å². The topological polar surface area (TPSA) is 75.4 Å². The van der Waals surface area contributed by atoms with Crippen LogP contribution in [0.1, 0.15) is 47.1 Å². The van der Waals surface area contributed by atoms with E-state index in [2.05, 4.69) is 10.5 Å². The van der Waals surface area contributed by atoms with Gasteiger partial charge >= 0.3 is 6.18 Å². The molecule has 2 aromatic rings. The van der Waals surface area contributed by atoms with Crippen molar-refractivity contribution in [2.75, 3.05) is 18.9 Å². The zero-order valence-electron chi connectivity index (χ0n) is 15.3. The van der Waals surface area contributed by atoms with Gasteiger partial charge in [-0.25, -0.2) is 0 Å². The van der Waals surface area contributed by atoms with Gasteiger partial charge < -0.3 is 14.7 Å². The van der Waals surface area contributed by atoms with Crippen LogP contribution in [0.2, 0.25) is 0 Å². The molecular weight excluding hydrogens is 363 g/mol. The van der Waals surface area contributed by atoms with E-state index in [9.17, 15) is 22.8 Å². The van der Waals surface area contributed by atoms with Gasteiger partial charge in [-0.15, -0.1) is 0 Å². The first-order valence-corrected chi connectivity index (χ1v) is 8.20. The zero-order valence-corrected chi connectivity index (χ0v) is 15.3. The number of aryl methyl sites for hydroxylation is 1. The highest BCUT2D eigenvalue weighted by Gasteiger charge is 2.34. The molecule has 2 rings (SSSR count). The Balaban J connectivity index is 2.13. The Hall–Kier alpha value is -2.84. The fraction of sp³-hybridized carbons (Fsp3) is 0.389. The molecule has 2 amide bonds. The van der Waals surface area contributed by atoms with Crippen molar-refractivity contribution in [1.29, 1.82) is 0 Å². The summed E-state index contributed by atoms with van der Waals surface area (Å²) in [4.78, 5) is 25.9. The summed E-state index contributed by atoms with van der Waals surface area (Å²) in [7, 11) is 1.38. The number of benzene rings is 1. The second-order valence-corrected chi connectivity index (χ2v) is 6.41. The minimum Gasteiger partial charge on any atom is -0.360 e. The molecule has 0 spiro atoms. The van der Waals surface area contributed by atoms with Crippen LogP contribution >= 0.6 is 0 Å². The normalized spacial score (nSPS) is 11.6. The molecule has 0 unspecified atom stereocenters. The maximum Gasteiger partial charge on any atom is 0.418 e. The lowest BCUT2D eigenvalue weighted by Crippen LogP contribution is -2.35. The van der Waals surface area contributed by atoms with E-state index in [0.29, 0.717) is 11.5 Å². The predicted octanol–water partition coefficient (Wildman–Crippen LogP) is 3.84. The van der Waals surface area contributed by atoms with Gasteiger partial charge in [0.2, 0.25) is 5.91 Å². The molecule has 1 N–H and O–H groups in total. The van der Waals surface area contributed by atoms with E-state index in [1.165, 1.54) is 19.2 Å². The van der Waals surface area contributed by atoms with E-state index in [-0.39, 0.29) is 17.2 Å². The first kappa shape index (κ1) is 20.5. The van der Waals surface area contributed by atoms with Gasteiger partial charge in [-0.05, 0) is 19.1 Å². The highest BCUT2D eigenvalue weighted by Crippen LogP contribution is 2.34. The number of nitrogens with zero attached hydrogens (tertiary/aromatic N) is 2. The van der Waals surface area contributed by atoms with Gasteiger partial charge in [-0.3, -0.25) is 9.59 Å². The lowest BCUT2D eigenvalue weighted by molar-refractivity contribution is -0.137. The molecule has 6 nitrogen and oxygen atoms in total.